The first-order valence-electron chi connectivity index (χ1n) is 12.6. The summed E-state index contributed by atoms with van der Waals surface area (Å²) in [6, 6.07) is 4.57. The molecule has 0 aliphatic heterocycles. The molecule has 1 rings (SSSR count). The van der Waals surface area contributed by atoms with Crippen molar-refractivity contribution < 1.29 is 42.9 Å². The van der Waals surface area contributed by atoms with Crippen LogP contribution in [0.2, 0.25) is 0 Å². The molecule has 214 valence electrons. The van der Waals surface area contributed by atoms with Gasteiger partial charge in [-0.2, -0.15) is 0 Å². The zero-order chi connectivity index (χ0) is 29.5. The standard InChI is InChI=1S/C28H43NO9/c1-11-17(2)35-25(33)36-18(3)15-28(29,24(32)34-10)16-19-12-13-20(37-22(30)26(4,5)6)21(14-19)38-23(31)27(7,8)9/h12-14,17-18H,11,15-16,29H2,1-10H3/t17-,18-,28?/m0/s1. The molecule has 10 nitrogen and oxygen atoms in total. The van der Waals surface area contributed by atoms with Gasteiger partial charge in [-0.25, -0.2) is 4.79 Å². The van der Waals surface area contributed by atoms with Crippen molar-refractivity contribution in [3.8, 4) is 11.5 Å². The highest BCUT2D eigenvalue weighted by Crippen LogP contribution is 2.34. The van der Waals surface area contributed by atoms with E-state index in [4.69, 9.17) is 29.4 Å². The molecule has 0 aliphatic carbocycles. The van der Waals surface area contributed by atoms with E-state index in [1.165, 1.54) is 19.2 Å². The third-order valence-electron chi connectivity index (χ3n) is 5.57. The minimum atomic E-state index is -1.60. The van der Waals surface area contributed by atoms with E-state index in [9.17, 15) is 19.2 Å². The average Bonchev–Trinajstić information content (AvgIpc) is 2.78. The third kappa shape index (κ3) is 9.96. The normalized spacial score (nSPS) is 14.9. The molecular formula is C28H43NO9. The topological polar surface area (TPSA) is 140 Å². The molecule has 0 saturated carbocycles. The number of hydrogen-bond acceptors (Lipinski definition) is 10. The number of nitrogens with two attached hydrogens (primary N) is 1. The van der Waals surface area contributed by atoms with Gasteiger partial charge in [0.1, 0.15) is 17.7 Å². The smallest absolute Gasteiger partial charge is 0.468 e. The molecule has 2 N–H and O–H groups in total. The number of rotatable bonds is 10. The fourth-order valence-electron chi connectivity index (χ4n) is 3.12. The van der Waals surface area contributed by atoms with Crippen LogP contribution in [-0.2, 0) is 35.0 Å². The molecule has 0 radical (unpaired) electrons. The van der Waals surface area contributed by atoms with Crippen molar-refractivity contribution in [2.45, 2.75) is 99.3 Å². The summed E-state index contributed by atoms with van der Waals surface area (Å²) in [5, 5.41) is 0. The Labute approximate surface area is 225 Å². The SMILES string of the molecule is CC[C@H](C)OC(=O)O[C@@H](C)CC(N)(Cc1ccc(OC(=O)C(C)(C)C)c(OC(=O)C(C)(C)C)c1)C(=O)OC. The first kappa shape index (κ1) is 32.9. The van der Waals surface area contributed by atoms with Crippen LogP contribution in [-0.4, -0.2) is 48.9 Å². The number of methoxy groups -OCH3 is 1. The van der Waals surface area contributed by atoms with E-state index in [0.717, 1.165) is 0 Å². The Morgan fingerprint density at radius 1 is 0.816 bits per heavy atom. The molecule has 1 aromatic carbocycles. The lowest BCUT2D eigenvalue weighted by Gasteiger charge is -2.29. The average molecular weight is 538 g/mol. The monoisotopic (exact) mass is 537 g/mol. The summed E-state index contributed by atoms with van der Waals surface area (Å²) in [6.07, 6.45) is -1.47. The lowest BCUT2D eigenvalue weighted by molar-refractivity contribution is -0.148. The second-order valence-electron chi connectivity index (χ2n) is 11.6. The van der Waals surface area contributed by atoms with Crippen molar-refractivity contribution in [3.63, 3.8) is 0 Å². The maximum atomic E-state index is 12.7. The highest BCUT2D eigenvalue weighted by Gasteiger charge is 2.39. The minimum absolute atomic E-state index is 0.00803. The van der Waals surface area contributed by atoms with E-state index in [2.05, 4.69) is 0 Å². The molecule has 0 amide bonds. The Morgan fingerprint density at radius 3 is 1.79 bits per heavy atom. The fraction of sp³-hybridized carbons (Fsp3) is 0.643. The van der Waals surface area contributed by atoms with Crippen molar-refractivity contribution in [1.82, 2.24) is 0 Å². The van der Waals surface area contributed by atoms with Gasteiger partial charge in [-0.3, -0.25) is 14.4 Å². The van der Waals surface area contributed by atoms with E-state index >= 15 is 0 Å². The summed E-state index contributed by atoms with van der Waals surface area (Å²) in [7, 11) is 1.21. The number of ether oxygens (including phenoxy) is 5. The zero-order valence-electron chi connectivity index (χ0n) is 24.3. The summed E-state index contributed by atoms with van der Waals surface area (Å²) in [4.78, 5) is 49.9. The van der Waals surface area contributed by atoms with Gasteiger partial charge in [0.2, 0.25) is 0 Å². The largest absolute Gasteiger partial charge is 0.508 e. The van der Waals surface area contributed by atoms with Crippen molar-refractivity contribution in [2.75, 3.05) is 7.11 Å². The van der Waals surface area contributed by atoms with E-state index < -0.39 is 46.5 Å². The fourth-order valence-corrected chi connectivity index (χ4v) is 3.12. The first-order chi connectivity index (χ1) is 17.3. The zero-order valence-corrected chi connectivity index (χ0v) is 24.3. The maximum absolute atomic E-state index is 12.7. The van der Waals surface area contributed by atoms with Crippen LogP contribution >= 0.6 is 0 Å². The van der Waals surface area contributed by atoms with Crippen LogP contribution in [0, 0.1) is 10.8 Å². The van der Waals surface area contributed by atoms with Crippen molar-refractivity contribution in [2.24, 2.45) is 16.6 Å². The molecule has 38 heavy (non-hydrogen) atoms. The van der Waals surface area contributed by atoms with Gasteiger partial charge < -0.3 is 29.4 Å². The van der Waals surface area contributed by atoms with E-state index in [1.54, 1.807) is 61.5 Å². The quantitative estimate of drug-likeness (QED) is 0.329. The van der Waals surface area contributed by atoms with E-state index in [-0.39, 0.29) is 30.4 Å². The molecule has 0 aromatic heterocycles. The summed E-state index contributed by atoms with van der Waals surface area (Å²) >= 11 is 0. The molecule has 0 bridgehead atoms. The second kappa shape index (κ2) is 13.1. The van der Waals surface area contributed by atoms with E-state index in [1.807, 2.05) is 6.92 Å². The molecule has 0 aliphatic rings. The van der Waals surface area contributed by atoms with Crippen LogP contribution in [0.3, 0.4) is 0 Å². The second-order valence-corrected chi connectivity index (χ2v) is 11.6. The molecule has 0 spiro atoms. The Bertz CT molecular complexity index is 1010. The van der Waals surface area contributed by atoms with Crippen LogP contribution < -0.4 is 15.2 Å². The Kier molecular flexibility index (Phi) is 11.3. The number of esters is 3. The number of carbonyl (C=O) groups is 4. The predicted molar refractivity (Wildman–Crippen MR) is 141 cm³/mol. The van der Waals surface area contributed by atoms with Crippen LogP contribution in [0.5, 0.6) is 11.5 Å². The summed E-state index contributed by atoms with van der Waals surface area (Å²) in [5.41, 5.74) is 3.76. The highest BCUT2D eigenvalue weighted by molar-refractivity contribution is 5.82. The van der Waals surface area contributed by atoms with Crippen molar-refractivity contribution in [1.29, 1.82) is 0 Å². The van der Waals surface area contributed by atoms with Crippen LogP contribution in [0.25, 0.3) is 0 Å². The molecule has 0 heterocycles. The molecule has 1 aromatic rings. The van der Waals surface area contributed by atoms with Crippen LogP contribution in [0.4, 0.5) is 4.79 Å². The number of benzene rings is 1. The summed E-state index contributed by atoms with van der Waals surface area (Å²) in [5.74, 6) is -1.72. The third-order valence-corrected chi connectivity index (χ3v) is 5.57. The van der Waals surface area contributed by atoms with Gasteiger partial charge in [0, 0.05) is 12.8 Å². The Balaban J connectivity index is 3.30. The van der Waals surface area contributed by atoms with Gasteiger partial charge in [0.05, 0.1) is 17.9 Å². The molecule has 3 atom stereocenters. The highest BCUT2D eigenvalue weighted by atomic mass is 16.7. The summed E-state index contributed by atoms with van der Waals surface area (Å²) in [6.45, 7) is 15.4. The molecular weight excluding hydrogens is 494 g/mol. The first-order valence-corrected chi connectivity index (χ1v) is 12.6. The molecule has 0 fully saturated rings. The van der Waals surface area contributed by atoms with Gasteiger partial charge in [-0.15, -0.1) is 0 Å². The van der Waals surface area contributed by atoms with E-state index in [0.29, 0.717) is 12.0 Å². The molecule has 1 unspecified atom stereocenters. The van der Waals surface area contributed by atoms with Gasteiger partial charge in [0.25, 0.3) is 0 Å². The van der Waals surface area contributed by atoms with Crippen LogP contribution in [0.1, 0.15) is 80.7 Å². The molecule has 0 saturated heterocycles. The van der Waals surface area contributed by atoms with Crippen molar-refractivity contribution in [3.05, 3.63) is 23.8 Å². The van der Waals surface area contributed by atoms with Gasteiger partial charge in [0.15, 0.2) is 11.5 Å². The predicted octanol–water partition coefficient (Wildman–Crippen LogP) is 4.73. The number of carbonyl (C=O) groups excluding carboxylic acids is 4. The number of hydrogen-bond donors (Lipinski definition) is 1. The van der Waals surface area contributed by atoms with Gasteiger partial charge in [-0.05, 0) is 79.5 Å². The Morgan fingerprint density at radius 2 is 1.32 bits per heavy atom. The minimum Gasteiger partial charge on any atom is -0.468 e. The van der Waals surface area contributed by atoms with Crippen LogP contribution in [0.15, 0.2) is 18.2 Å². The lowest BCUT2D eigenvalue weighted by Crippen LogP contribution is -2.53. The Hall–Kier alpha value is -3.14. The van der Waals surface area contributed by atoms with Crippen molar-refractivity contribution >= 4 is 24.1 Å². The maximum Gasteiger partial charge on any atom is 0.508 e. The van der Waals surface area contributed by atoms with Gasteiger partial charge in [-0.1, -0.05) is 13.0 Å². The molecule has 10 heteroatoms. The lowest BCUT2D eigenvalue weighted by atomic mass is 9.86. The van der Waals surface area contributed by atoms with Gasteiger partial charge >= 0.3 is 24.1 Å². The summed E-state index contributed by atoms with van der Waals surface area (Å²) < 4.78 is 26.5.